The number of rotatable bonds is 6. The molecule has 1 N–H and O–H groups in total. The first-order chi connectivity index (χ1) is 17.6. The van der Waals surface area contributed by atoms with Gasteiger partial charge >= 0.3 is 0 Å². The number of hydrogen-bond acceptors (Lipinski definition) is 7. The molecular formula is C28H32N4O4S. The highest BCUT2D eigenvalue weighted by Gasteiger charge is 2.39. The summed E-state index contributed by atoms with van der Waals surface area (Å²) >= 11 is 0. The van der Waals surface area contributed by atoms with E-state index in [-0.39, 0.29) is 22.0 Å². The smallest absolute Gasteiger partial charge is 0.281 e. The molecule has 1 unspecified atom stereocenters. The zero-order valence-electron chi connectivity index (χ0n) is 21.4. The van der Waals surface area contributed by atoms with Crippen molar-refractivity contribution in [1.29, 1.82) is 0 Å². The van der Waals surface area contributed by atoms with Crippen LogP contribution in [0.4, 0.5) is 5.82 Å². The summed E-state index contributed by atoms with van der Waals surface area (Å²) in [6.07, 6.45) is 6.72. The number of hydrogen-bond donors (Lipinski definition) is 1. The zero-order chi connectivity index (χ0) is 26.2. The predicted octanol–water partition coefficient (Wildman–Crippen LogP) is 4.89. The van der Waals surface area contributed by atoms with Crippen LogP contribution < -0.4 is 14.4 Å². The van der Waals surface area contributed by atoms with Crippen molar-refractivity contribution in [3.05, 3.63) is 71.4 Å². The SMILES string of the molecule is CC1CN(c2ncccc2C(=O)NS(=O)(=O)c2cccc(Oc3cccc4c3CCCC4)n2)C(C)(C)C1. The van der Waals surface area contributed by atoms with Crippen molar-refractivity contribution in [3.8, 4) is 11.6 Å². The molecule has 3 aromatic rings. The Morgan fingerprint density at radius 3 is 2.65 bits per heavy atom. The average Bonchev–Trinajstić information content (AvgIpc) is 3.15. The molecule has 1 saturated heterocycles. The standard InChI is InChI=1S/C28H32N4O4S/c1-19-17-28(2,3)32(18-19)26-22(12-8-16-29-26)27(33)31-37(34,35)25-15-7-14-24(30-25)36-23-13-6-10-20-9-4-5-11-21(20)23/h6-8,10,12-16,19H,4-5,9,11,17-18H2,1-3H3,(H,31,33). The fraction of sp³-hybridized carbons (Fsp3) is 0.393. The van der Waals surface area contributed by atoms with Crippen LogP contribution in [0, 0.1) is 5.92 Å². The van der Waals surface area contributed by atoms with Crippen molar-refractivity contribution in [2.75, 3.05) is 11.4 Å². The number of aryl methyl sites for hydroxylation is 1. The summed E-state index contributed by atoms with van der Waals surface area (Å²) in [4.78, 5) is 24.0. The zero-order valence-corrected chi connectivity index (χ0v) is 22.2. The van der Waals surface area contributed by atoms with Crippen molar-refractivity contribution in [1.82, 2.24) is 14.7 Å². The number of fused-ring (bicyclic) bond motifs is 1. The molecule has 194 valence electrons. The van der Waals surface area contributed by atoms with Gasteiger partial charge in [-0.3, -0.25) is 4.79 Å². The van der Waals surface area contributed by atoms with Gasteiger partial charge in [0.05, 0.1) is 5.56 Å². The number of anilines is 1. The number of benzene rings is 1. The molecule has 3 heterocycles. The molecule has 1 aliphatic carbocycles. The molecule has 0 spiro atoms. The molecule has 0 bridgehead atoms. The second kappa shape index (κ2) is 9.78. The maximum atomic E-state index is 13.2. The lowest BCUT2D eigenvalue weighted by Gasteiger charge is -2.33. The third-order valence-electron chi connectivity index (χ3n) is 7.13. The lowest BCUT2D eigenvalue weighted by atomic mass is 9.91. The van der Waals surface area contributed by atoms with E-state index in [1.165, 1.54) is 11.6 Å². The van der Waals surface area contributed by atoms with Gasteiger partial charge in [0.2, 0.25) is 5.88 Å². The van der Waals surface area contributed by atoms with E-state index in [9.17, 15) is 13.2 Å². The predicted molar refractivity (Wildman–Crippen MR) is 141 cm³/mol. The van der Waals surface area contributed by atoms with Gasteiger partial charge in [0, 0.05) is 24.3 Å². The molecule has 0 saturated carbocycles. The molecule has 8 nitrogen and oxygen atoms in total. The molecule has 1 atom stereocenters. The number of pyridine rings is 2. The van der Waals surface area contributed by atoms with E-state index >= 15 is 0 Å². The van der Waals surface area contributed by atoms with E-state index in [1.54, 1.807) is 30.5 Å². The number of amides is 1. The van der Waals surface area contributed by atoms with Gasteiger partial charge < -0.3 is 9.64 Å². The molecule has 5 rings (SSSR count). The Morgan fingerprint density at radius 2 is 1.86 bits per heavy atom. The Kier molecular flexibility index (Phi) is 6.66. The molecule has 9 heteroatoms. The van der Waals surface area contributed by atoms with Gasteiger partial charge in [-0.25, -0.2) is 9.71 Å². The molecule has 1 fully saturated rings. The third kappa shape index (κ3) is 5.18. The van der Waals surface area contributed by atoms with Crippen LogP contribution in [-0.2, 0) is 22.9 Å². The quantitative estimate of drug-likeness (QED) is 0.494. The molecule has 2 aromatic heterocycles. The Balaban J connectivity index is 1.38. The summed E-state index contributed by atoms with van der Waals surface area (Å²) in [7, 11) is -4.26. The first kappa shape index (κ1) is 25.2. The fourth-order valence-corrected chi connectivity index (χ4v) is 6.46. The number of ether oxygens (including phenoxy) is 1. The first-order valence-corrected chi connectivity index (χ1v) is 14.2. The minimum absolute atomic E-state index is 0.157. The van der Waals surface area contributed by atoms with Gasteiger partial charge in [0.1, 0.15) is 11.6 Å². The molecule has 1 aromatic carbocycles. The monoisotopic (exact) mass is 520 g/mol. The molecule has 2 aliphatic rings. The van der Waals surface area contributed by atoms with Crippen molar-refractivity contribution in [2.45, 2.75) is 63.4 Å². The summed E-state index contributed by atoms with van der Waals surface area (Å²) in [5.74, 6) is 1.00. The third-order valence-corrected chi connectivity index (χ3v) is 8.36. The highest BCUT2D eigenvalue weighted by atomic mass is 32.2. The van der Waals surface area contributed by atoms with Crippen LogP contribution in [0.25, 0.3) is 0 Å². The first-order valence-electron chi connectivity index (χ1n) is 12.7. The number of carbonyl (C=O) groups is 1. The van der Waals surface area contributed by atoms with E-state index < -0.39 is 15.9 Å². The van der Waals surface area contributed by atoms with Crippen LogP contribution in [0.2, 0.25) is 0 Å². The Bertz CT molecular complexity index is 1440. The molecule has 1 aliphatic heterocycles. The second-order valence-corrected chi connectivity index (χ2v) is 12.2. The lowest BCUT2D eigenvalue weighted by Crippen LogP contribution is -2.41. The Labute approximate surface area is 218 Å². The van der Waals surface area contributed by atoms with Gasteiger partial charge in [-0.2, -0.15) is 13.4 Å². The van der Waals surface area contributed by atoms with E-state index in [1.807, 2.05) is 12.1 Å². The average molecular weight is 521 g/mol. The van der Waals surface area contributed by atoms with Gasteiger partial charge in [-0.05, 0) is 87.3 Å². The maximum absolute atomic E-state index is 13.2. The molecular weight excluding hydrogens is 488 g/mol. The van der Waals surface area contributed by atoms with Crippen LogP contribution in [0.5, 0.6) is 11.6 Å². The molecule has 0 radical (unpaired) electrons. The summed E-state index contributed by atoms with van der Waals surface area (Å²) in [6, 6.07) is 13.6. The van der Waals surface area contributed by atoms with Gasteiger partial charge in [0.25, 0.3) is 15.9 Å². The van der Waals surface area contributed by atoms with E-state index in [4.69, 9.17) is 4.74 Å². The summed E-state index contributed by atoms with van der Waals surface area (Å²) < 4.78 is 34.6. The highest BCUT2D eigenvalue weighted by molar-refractivity contribution is 7.90. The van der Waals surface area contributed by atoms with Crippen LogP contribution in [0.3, 0.4) is 0 Å². The van der Waals surface area contributed by atoms with Crippen molar-refractivity contribution in [3.63, 3.8) is 0 Å². The normalized spacial score (nSPS) is 18.8. The molecule has 1 amide bonds. The lowest BCUT2D eigenvalue weighted by molar-refractivity contribution is 0.0981. The summed E-state index contributed by atoms with van der Waals surface area (Å²) in [6.45, 7) is 7.09. The highest BCUT2D eigenvalue weighted by Crippen LogP contribution is 2.37. The van der Waals surface area contributed by atoms with E-state index in [2.05, 4.69) is 46.4 Å². The maximum Gasteiger partial charge on any atom is 0.281 e. The topological polar surface area (TPSA) is 101 Å². The fourth-order valence-electron chi connectivity index (χ4n) is 5.54. The summed E-state index contributed by atoms with van der Waals surface area (Å²) in [5.41, 5.74) is 2.39. The van der Waals surface area contributed by atoms with Crippen molar-refractivity contribution >= 4 is 21.7 Å². The van der Waals surface area contributed by atoms with Gasteiger partial charge in [-0.1, -0.05) is 25.1 Å². The largest absolute Gasteiger partial charge is 0.439 e. The van der Waals surface area contributed by atoms with Gasteiger partial charge in [-0.15, -0.1) is 0 Å². The Hall–Kier alpha value is -3.46. The number of nitrogens with one attached hydrogen (secondary N) is 1. The number of aromatic nitrogens is 2. The van der Waals surface area contributed by atoms with E-state index in [0.717, 1.165) is 44.2 Å². The number of nitrogens with zero attached hydrogens (tertiary/aromatic N) is 3. The van der Waals surface area contributed by atoms with Crippen LogP contribution >= 0.6 is 0 Å². The summed E-state index contributed by atoms with van der Waals surface area (Å²) in [5, 5.41) is -0.288. The van der Waals surface area contributed by atoms with Crippen LogP contribution in [0.15, 0.2) is 59.8 Å². The van der Waals surface area contributed by atoms with Crippen LogP contribution in [0.1, 0.15) is 61.5 Å². The minimum Gasteiger partial charge on any atom is -0.439 e. The number of sulfonamides is 1. The number of carbonyl (C=O) groups excluding carboxylic acids is 1. The Morgan fingerprint density at radius 1 is 1.08 bits per heavy atom. The van der Waals surface area contributed by atoms with E-state index in [0.29, 0.717) is 17.5 Å². The molecule has 37 heavy (non-hydrogen) atoms. The second-order valence-electron chi connectivity index (χ2n) is 10.6. The van der Waals surface area contributed by atoms with Crippen LogP contribution in [-0.4, -0.2) is 36.4 Å². The van der Waals surface area contributed by atoms with Crippen molar-refractivity contribution in [2.24, 2.45) is 5.92 Å². The van der Waals surface area contributed by atoms with Crippen molar-refractivity contribution < 1.29 is 17.9 Å². The van der Waals surface area contributed by atoms with Gasteiger partial charge in [0.15, 0.2) is 5.03 Å². The minimum atomic E-state index is -4.26.